The molecule has 1 unspecified atom stereocenters. The molecule has 22 heavy (non-hydrogen) atoms. The van der Waals surface area contributed by atoms with E-state index in [0.717, 1.165) is 25.1 Å². The molecular formula is C19H39ClO2. The van der Waals surface area contributed by atoms with Crippen LogP contribution in [0.3, 0.4) is 0 Å². The molecule has 0 saturated heterocycles. The zero-order valence-corrected chi connectivity index (χ0v) is 16.2. The fraction of sp³-hybridized carbons (Fsp3) is 1.00. The van der Waals surface area contributed by atoms with Gasteiger partial charge in [-0.1, -0.05) is 52.4 Å². The number of ether oxygens (including phenoxy) is 2. The maximum atomic E-state index is 6.11. The van der Waals surface area contributed by atoms with E-state index >= 15 is 0 Å². The number of hydrogen-bond acceptors (Lipinski definition) is 2. The first kappa shape index (κ1) is 22.2. The Kier molecular flexibility index (Phi) is 14.9. The fourth-order valence-electron chi connectivity index (χ4n) is 3.34. The Labute approximate surface area is 144 Å². The van der Waals surface area contributed by atoms with Crippen molar-refractivity contribution in [2.24, 2.45) is 5.92 Å². The predicted octanol–water partition coefficient (Wildman–Crippen LogP) is 6.55. The van der Waals surface area contributed by atoms with Crippen LogP contribution in [-0.2, 0) is 9.47 Å². The zero-order chi connectivity index (χ0) is 16.7. The van der Waals surface area contributed by atoms with E-state index in [0.29, 0.717) is 19.1 Å². The third-order valence-electron chi connectivity index (χ3n) is 4.48. The Morgan fingerprint density at radius 2 is 1.32 bits per heavy atom. The topological polar surface area (TPSA) is 18.5 Å². The van der Waals surface area contributed by atoms with Gasteiger partial charge in [-0.05, 0) is 39.5 Å². The number of hydrogen-bond donors (Lipinski definition) is 0. The highest BCUT2D eigenvalue weighted by Gasteiger charge is 2.38. The standard InChI is InChI=1S/C19H39ClO2/c1-5-9-10-11-12-13-15-18(16-14-17-20)19(6-2,21-7-3)22-8-4/h18H,5-17H2,1-4H3. The Morgan fingerprint density at radius 3 is 1.82 bits per heavy atom. The van der Waals surface area contributed by atoms with Crippen molar-refractivity contribution < 1.29 is 9.47 Å². The van der Waals surface area contributed by atoms with E-state index in [9.17, 15) is 0 Å². The first-order chi connectivity index (χ1) is 10.7. The van der Waals surface area contributed by atoms with Gasteiger partial charge < -0.3 is 9.47 Å². The second kappa shape index (κ2) is 14.8. The van der Waals surface area contributed by atoms with Crippen LogP contribution in [0, 0.1) is 5.92 Å². The van der Waals surface area contributed by atoms with Crippen molar-refractivity contribution in [3.05, 3.63) is 0 Å². The summed E-state index contributed by atoms with van der Waals surface area (Å²) in [7, 11) is 0. The molecule has 0 aliphatic rings. The van der Waals surface area contributed by atoms with Gasteiger partial charge in [0.25, 0.3) is 0 Å². The summed E-state index contributed by atoms with van der Waals surface area (Å²) in [6, 6.07) is 0. The lowest BCUT2D eigenvalue weighted by Crippen LogP contribution is -2.43. The molecule has 2 nitrogen and oxygen atoms in total. The lowest BCUT2D eigenvalue weighted by Gasteiger charge is -2.40. The molecule has 0 heterocycles. The molecule has 0 saturated carbocycles. The van der Waals surface area contributed by atoms with Gasteiger partial charge in [0.05, 0.1) is 0 Å². The van der Waals surface area contributed by atoms with Crippen LogP contribution in [0.25, 0.3) is 0 Å². The molecule has 0 amide bonds. The van der Waals surface area contributed by atoms with Gasteiger partial charge in [0.1, 0.15) is 0 Å². The van der Waals surface area contributed by atoms with Crippen LogP contribution < -0.4 is 0 Å². The molecule has 0 aromatic carbocycles. The summed E-state index contributed by atoms with van der Waals surface area (Å²) in [5.74, 6) is 0.784. The Balaban J connectivity index is 4.53. The van der Waals surface area contributed by atoms with Gasteiger partial charge in [-0.2, -0.15) is 0 Å². The second-order valence-corrected chi connectivity index (χ2v) is 6.49. The van der Waals surface area contributed by atoms with Crippen LogP contribution in [0.2, 0.25) is 0 Å². The fourth-order valence-corrected chi connectivity index (χ4v) is 3.49. The monoisotopic (exact) mass is 334 g/mol. The summed E-state index contributed by atoms with van der Waals surface area (Å²) < 4.78 is 12.2. The Morgan fingerprint density at radius 1 is 0.773 bits per heavy atom. The molecule has 134 valence electrons. The minimum Gasteiger partial charge on any atom is -0.350 e. The highest BCUT2D eigenvalue weighted by molar-refractivity contribution is 6.17. The van der Waals surface area contributed by atoms with Gasteiger partial charge in [-0.15, -0.1) is 11.6 Å². The molecule has 0 aromatic heterocycles. The maximum absolute atomic E-state index is 6.11. The van der Waals surface area contributed by atoms with Crippen LogP contribution in [0.15, 0.2) is 0 Å². The highest BCUT2D eigenvalue weighted by Crippen LogP contribution is 2.35. The van der Waals surface area contributed by atoms with E-state index in [2.05, 4.69) is 27.7 Å². The molecular weight excluding hydrogens is 296 g/mol. The quantitative estimate of drug-likeness (QED) is 0.181. The first-order valence-electron chi connectivity index (χ1n) is 9.54. The molecule has 0 N–H and O–H groups in total. The number of unbranched alkanes of at least 4 members (excludes halogenated alkanes) is 5. The van der Waals surface area contributed by atoms with Gasteiger partial charge in [0, 0.05) is 25.0 Å². The van der Waals surface area contributed by atoms with E-state index in [4.69, 9.17) is 21.1 Å². The van der Waals surface area contributed by atoms with Gasteiger partial charge in [-0.25, -0.2) is 0 Å². The van der Waals surface area contributed by atoms with Gasteiger partial charge in [0.2, 0.25) is 0 Å². The summed E-state index contributed by atoms with van der Waals surface area (Å²) >= 11 is 5.93. The number of alkyl halides is 1. The molecule has 0 aliphatic carbocycles. The lowest BCUT2D eigenvalue weighted by atomic mass is 9.86. The summed E-state index contributed by atoms with van der Waals surface area (Å²) in [4.78, 5) is 0. The third-order valence-corrected chi connectivity index (χ3v) is 4.75. The van der Waals surface area contributed by atoms with Crippen LogP contribution >= 0.6 is 11.6 Å². The summed E-state index contributed by atoms with van der Waals surface area (Å²) in [5, 5.41) is 0. The molecule has 0 fully saturated rings. The SMILES string of the molecule is CCCCCCCCC(CCCCl)C(CC)(OCC)OCC. The number of rotatable bonds is 16. The molecule has 0 spiro atoms. The Bertz CT molecular complexity index is 227. The lowest BCUT2D eigenvalue weighted by molar-refractivity contribution is -0.267. The van der Waals surface area contributed by atoms with Crippen molar-refractivity contribution in [3.63, 3.8) is 0 Å². The van der Waals surface area contributed by atoms with Crippen LogP contribution in [0.1, 0.15) is 91.9 Å². The van der Waals surface area contributed by atoms with Crippen molar-refractivity contribution >= 4 is 11.6 Å². The molecule has 0 bridgehead atoms. The van der Waals surface area contributed by atoms with E-state index in [-0.39, 0.29) is 0 Å². The van der Waals surface area contributed by atoms with Crippen molar-refractivity contribution in [3.8, 4) is 0 Å². The van der Waals surface area contributed by atoms with Crippen molar-refractivity contribution in [2.45, 2.75) is 97.7 Å². The molecule has 1 atom stereocenters. The van der Waals surface area contributed by atoms with Crippen LogP contribution in [0.5, 0.6) is 0 Å². The third kappa shape index (κ3) is 8.74. The summed E-state index contributed by atoms with van der Waals surface area (Å²) in [6.07, 6.45) is 12.3. The van der Waals surface area contributed by atoms with Gasteiger partial charge in [-0.3, -0.25) is 0 Å². The van der Waals surface area contributed by atoms with Crippen LogP contribution in [0.4, 0.5) is 0 Å². The average molecular weight is 335 g/mol. The molecule has 0 rings (SSSR count). The van der Waals surface area contributed by atoms with E-state index in [1.54, 1.807) is 0 Å². The van der Waals surface area contributed by atoms with Gasteiger partial charge >= 0.3 is 0 Å². The minimum absolute atomic E-state index is 0.404. The minimum atomic E-state index is -0.404. The van der Waals surface area contributed by atoms with Gasteiger partial charge in [0.15, 0.2) is 5.79 Å². The summed E-state index contributed by atoms with van der Waals surface area (Å²) in [5.41, 5.74) is 0. The normalized spacial score (nSPS) is 13.5. The molecule has 0 radical (unpaired) electrons. The molecule has 0 aromatic rings. The first-order valence-corrected chi connectivity index (χ1v) is 10.1. The Hall–Kier alpha value is 0.210. The van der Waals surface area contributed by atoms with Crippen molar-refractivity contribution in [1.29, 1.82) is 0 Å². The second-order valence-electron chi connectivity index (χ2n) is 6.12. The average Bonchev–Trinajstić information content (AvgIpc) is 2.53. The summed E-state index contributed by atoms with van der Waals surface area (Å²) in [6.45, 7) is 9.99. The highest BCUT2D eigenvalue weighted by atomic mass is 35.5. The van der Waals surface area contributed by atoms with Crippen molar-refractivity contribution in [1.82, 2.24) is 0 Å². The zero-order valence-electron chi connectivity index (χ0n) is 15.5. The predicted molar refractivity (Wildman–Crippen MR) is 97.7 cm³/mol. The van der Waals surface area contributed by atoms with Crippen molar-refractivity contribution in [2.75, 3.05) is 19.1 Å². The smallest absolute Gasteiger partial charge is 0.170 e. The van der Waals surface area contributed by atoms with E-state index in [1.165, 1.54) is 44.9 Å². The van der Waals surface area contributed by atoms with E-state index < -0.39 is 5.79 Å². The molecule has 3 heteroatoms. The van der Waals surface area contributed by atoms with E-state index in [1.807, 2.05) is 0 Å². The maximum Gasteiger partial charge on any atom is 0.170 e. The van der Waals surface area contributed by atoms with Crippen LogP contribution in [-0.4, -0.2) is 24.9 Å². The molecule has 0 aliphatic heterocycles. The number of halogens is 1. The largest absolute Gasteiger partial charge is 0.350 e.